The van der Waals surface area contributed by atoms with Gasteiger partial charge in [0, 0.05) is 6.04 Å². The number of hydrogen-bond donors (Lipinski definition) is 1. The van der Waals surface area contributed by atoms with Gasteiger partial charge in [-0.1, -0.05) is 26.0 Å². The molecule has 0 heterocycles. The Bertz CT molecular complexity index is 365. The zero-order valence-corrected chi connectivity index (χ0v) is 12.5. The van der Waals surface area contributed by atoms with Gasteiger partial charge in [0.1, 0.15) is 5.75 Å². The Labute approximate surface area is 117 Å². The molecule has 2 rings (SSSR count). The molecule has 1 aliphatic rings. The molecule has 2 heteroatoms. The first-order valence-electron chi connectivity index (χ1n) is 7.62. The van der Waals surface area contributed by atoms with Crippen molar-refractivity contribution in [2.45, 2.75) is 58.1 Å². The molecule has 1 saturated carbocycles. The average molecular weight is 261 g/mol. The Morgan fingerprint density at radius 3 is 2.32 bits per heavy atom. The normalized spacial score (nSPS) is 17.9. The maximum absolute atomic E-state index is 5.99. The van der Waals surface area contributed by atoms with Crippen molar-refractivity contribution in [1.29, 1.82) is 0 Å². The van der Waals surface area contributed by atoms with E-state index < -0.39 is 0 Å². The van der Waals surface area contributed by atoms with Crippen molar-refractivity contribution in [3.05, 3.63) is 29.8 Å². The van der Waals surface area contributed by atoms with E-state index in [4.69, 9.17) is 4.74 Å². The first kappa shape index (κ1) is 14.4. The number of nitrogens with one attached hydrogen (secondary N) is 1. The fourth-order valence-corrected chi connectivity index (χ4v) is 2.83. The third kappa shape index (κ3) is 4.24. The van der Waals surface area contributed by atoms with Crippen LogP contribution in [0.4, 0.5) is 0 Å². The molecule has 19 heavy (non-hydrogen) atoms. The lowest BCUT2D eigenvalue weighted by Crippen LogP contribution is -2.32. The lowest BCUT2D eigenvalue weighted by Gasteiger charge is -2.20. The highest BCUT2D eigenvalue weighted by molar-refractivity contribution is 5.28. The third-order valence-corrected chi connectivity index (χ3v) is 4.16. The number of rotatable bonds is 6. The first-order valence-corrected chi connectivity index (χ1v) is 7.62. The minimum atomic E-state index is 0.451. The van der Waals surface area contributed by atoms with Gasteiger partial charge < -0.3 is 10.1 Å². The van der Waals surface area contributed by atoms with E-state index in [-0.39, 0.29) is 0 Å². The first-order chi connectivity index (χ1) is 9.19. The van der Waals surface area contributed by atoms with Crippen LogP contribution < -0.4 is 10.1 Å². The maximum Gasteiger partial charge on any atom is 0.119 e. The standard InChI is InChI=1S/C17H27NO/c1-13(2)17(18-3)12-14-8-10-16(11-9-14)19-15-6-4-5-7-15/h8-11,13,15,17-18H,4-7,12H2,1-3H3. The fraction of sp³-hybridized carbons (Fsp3) is 0.647. The van der Waals surface area contributed by atoms with Gasteiger partial charge in [-0.15, -0.1) is 0 Å². The predicted octanol–water partition coefficient (Wildman–Crippen LogP) is 3.79. The van der Waals surface area contributed by atoms with Crippen LogP contribution in [0.3, 0.4) is 0 Å². The van der Waals surface area contributed by atoms with Gasteiger partial charge in [-0.05, 0) is 62.8 Å². The summed E-state index contributed by atoms with van der Waals surface area (Å²) in [4.78, 5) is 0. The minimum Gasteiger partial charge on any atom is -0.490 e. The highest BCUT2D eigenvalue weighted by atomic mass is 16.5. The fourth-order valence-electron chi connectivity index (χ4n) is 2.83. The molecular formula is C17H27NO. The van der Waals surface area contributed by atoms with Gasteiger partial charge >= 0.3 is 0 Å². The second-order valence-electron chi connectivity index (χ2n) is 6.01. The summed E-state index contributed by atoms with van der Waals surface area (Å²) < 4.78 is 5.99. The predicted molar refractivity (Wildman–Crippen MR) is 80.7 cm³/mol. The van der Waals surface area contributed by atoms with Gasteiger partial charge in [-0.25, -0.2) is 0 Å². The van der Waals surface area contributed by atoms with Gasteiger partial charge in [-0.2, -0.15) is 0 Å². The highest BCUT2D eigenvalue weighted by Crippen LogP contribution is 2.24. The minimum absolute atomic E-state index is 0.451. The van der Waals surface area contributed by atoms with Crippen molar-refractivity contribution in [3.8, 4) is 5.75 Å². The number of hydrogen-bond acceptors (Lipinski definition) is 2. The van der Waals surface area contributed by atoms with Crippen LogP contribution in [0.2, 0.25) is 0 Å². The molecule has 0 spiro atoms. The van der Waals surface area contributed by atoms with Crippen LogP contribution >= 0.6 is 0 Å². The second kappa shape index (κ2) is 6.95. The van der Waals surface area contributed by atoms with E-state index >= 15 is 0 Å². The monoisotopic (exact) mass is 261 g/mol. The molecule has 0 saturated heterocycles. The summed E-state index contributed by atoms with van der Waals surface area (Å²) in [5.74, 6) is 1.68. The lowest BCUT2D eigenvalue weighted by atomic mass is 9.96. The average Bonchev–Trinajstić information content (AvgIpc) is 2.90. The second-order valence-corrected chi connectivity index (χ2v) is 6.01. The molecule has 0 radical (unpaired) electrons. The smallest absolute Gasteiger partial charge is 0.119 e. The summed E-state index contributed by atoms with van der Waals surface area (Å²) in [5.41, 5.74) is 1.38. The molecule has 1 fully saturated rings. The van der Waals surface area contributed by atoms with E-state index in [1.807, 2.05) is 7.05 Å². The van der Waals surface area contributed by atoms with Gasteiger partial charge in [-0.3, -0.25) is 0 Å². The van der Waals surface area contributed by atoms with Crippen LogP contribution in [-0.4, -0.2) is 19.2 Å². The molecule has 0 aromatic heterocycles. The van der Waals surface area contributed by atoms with Gasteiger partial charge in [0.05, 0.1) is 6.10 Å². The Hall–Kier alpha value is -1.02. The molecule has 106 valence electrons. The lowest BCUT2D eigenvalue weighted by molar-refractivity contribution is 0.210. The third-order valence-electron chi connectivity index (χ3n) is 4.16. The number of ether oxygens (including phenoxy) is 1. The SMILES string of the molecule is CNC(Cc1ccc(OC2CCCC2)cc1)C(C)C. The molecular weight excluding hydrogens is 234 g/mol. The van der Waals surface area contributed by atoms with E-state index in [1.54, 1.807) is 0 Å². The van der Waals surface area contributed by atoms with Gasteiger partial charge in [0.2, 0.25) is 0 Å². The zero-order valence-electron chi connectivity index (χ0n) is 12.5. The Kier molecular flexibility index (Phi) is 5.26. The topological polar surface area (TPSA) is 21.3 Å². The van der Waals surface area contributed by atoms with E-state index in [0.29, 0.717) is 18.1 Å². The molecule has 1 atom stereocenters. The number of benzene rings is 1. The number of likely N-dealkylation sites (N-methyl/N-ethyl adjacent to an activating group) is 1. The highest BCUT2D eigenvalue weighted by Gasteiger charge is 2.16. The molecule has 1 unspecified atom stereocenters. The molecule has 1 N–H and O–H groups in total. The van der Waals surface area contributed by atoms with Crippen LogP contribution in [0.25, 0.3) is 0 Å². The van der Waals surface area contributed by atoms with Crippen LogP contribution in [0.15, 0.2) is 24.3 Å². The maximum atomic E-state index is 5.99. The van der Waals surface area contributed by atoms with Crippen LogP contribution in [0.1, 0.15) is 45.1 Å². The summed E-state index contributed by atoms with van der Waals surface area (Å²) >= 11 is 0. The summed E-state index contributed by atoms with van der Waals surface area (Å²) in [6.45, 7) is 4.53. The zero-order chi connectivity index (χ0) is 13.7. The molecule has 2 nitrogen and oxygen atoms in total. The quantitative estimate of drug-likeness (QED) is 0.841. The molecule has 0 aliphatic heterocycles. The van der Waals surface area contributed by atoms with Crippen molar-refractivity contribution in [2.75, 3.05) is 7.05 Å². The van der Waals surface area contributed by atoms with Crippen molar-refractivity contribution < 1.29 is 4.74 Å². The van der Waals surface area contributed by atoms with Crippen molar-refractivity contribution >= 4 is 0 Å². The van der Waals surface area contributed by atoms with Gasteiger partial charge in [0.15, 0.2) is 0 Å². The molecule has 0 amide bonds. The Balaban J connectivity index is 1.90. The van der Waals surface area contributed by atoms with Crippen LogP contribution in [0.5, 0.6) is 5.75 Å². The summed E-state index contributed by atoms with van der Waals surface area (Å²) in [7, 11) is 2.04. The summed E-state index contributed by atoms with van der Waals surface area (Å²) in [6.07, 6.45) is 6.61. The molecule has 0 bridgehead atoms. The van der Waals surface area contributed by atoms with E-state index in [9.17, 15) is 0 Å². The summed E-state index contributed by atoms with van der Waals surface area (Å²) in [6, 6.07) is 9.21. The largest absolute Gasteiger partial charge is 0.490 e. The molecule has 1 aromatic rings. The van der Waals surface area contributed by atoms with E-state index in [0.717, 1.165) is 12.2 Å². The Morgan fingerprint density at radius 1 is 1.16 bits per heavy atom. The van der Waals surface area contributed by atoms with Gasteiger partial charge in [0.25, 0.3) is 0 Å². The Morgan fingerprint density at radius 2 is 1.79 bits per heavy atom. The molecule has 1 aliphatic carbocycles. The van der Waals surface area contributed by atoms with E-state index in [1.165, 1.54) is 31.2 Å². The van der Waals surface area contributed by atoms with Crippen LogP contribution in [-0.2, 0) is 6.42 Å². The van der Waals surface area contributed by atoms with Crippen molar-refractivity contribution in [3.63, 3.8) is 0 Å². The van der Waals surface area contributed by atoms with Crippen molar-refractivity contribution in [1.82, 2.24) is 5.32 Å². The van der Waals surface area contributed by atoms with Crippen LogP contribution in [0, 0.1) is 5.92 Å². The molecule has 1 aromatic carbocycles. The summed E-state index contributed by atoms with van der Waals surface area (Å²) in [5, 5.41) is 3.39. The van der Waals surface area contributed by atoms with E-state index in [2.05, 4.69) is 43.4 Å². The van der Waals surface area contributed by atoms with Crippen molar-refractivity contribution in [2.24, 2.45) is 5.92 Å².